The van der Waals surface area contributed by atoms with E-state index in [2.05, 4.69) is 31.0 Å². The molecule has 1 aliphatic rings. The average molecular weight is 270 g/mol. The van der Waals surface area contributed by atoms with Crippen LogP contribution in [0.5, 0.6) is 0 Å². The lowest BCUT2D eigenvalue weighted by Crippen LogP contribution is -2.43. The molecule has 0 spiro atoms. The van der Waals surface area contributed by atoms with E-state index in [0.29, 0.717) is 0 Å². The van der Waals surface area contributed by atoms with Gasteiger partial charge in [0.1, 0.15) is 0 Å². The van der Waals surface area contributed by atoms with Gasteiger partial charge in [-0.05, 0) is 24.7 Å². The maximum absolute atomic E-state index is 5.21. The van der Waals surface area contributed by atoms with Gasteiger partial charge in [-0.3, -0.25) is 4.90 Å². The van der Waals surface area contributed by atoms with Crippen LogP contribution in [0.15, 0.2) is 0 Å². The second kappa shape index (κ2) is 9.73. The minimum absolute atomic E-state index is 0.727. The lowest BCUT2D eigenvalue weighted by atomic mass is 9.86. The number of ether oxygens (including phenoxy) is 1. The summed E-state index contributed by atoms with van der Waals surface area (Å²) in [4.78, 5) is 2.52. The Hall–Kier alpha value is -0.120. The molecule has 114 valence electrons. The number of nitrogens with one attached hydrogen (secondary N) is 1. The van der Waals surface area contributed by atoms with Crippen molar-refractivity contribution in [2.24, 2.45) is 11.8 Å². The predicted molar refractivity (Wildman–Crippen MR) is 82.6 cm³/mol. The fourth-order valence-electron chi connectivity index (χ4n) is 3.06. The summed E-state index contributed by atoms with van der Waals surface area (Å²) >= 11 is 0. The first-order chi connectivity index (χ1) is 9.13. The number of hydrogen-bond donors (Lipinski definition) is 1. The van der Waals surface area contributed by atoms with E-state index in [9.17, 15) is 0 Å². The molecule has 0 radical (unpaired) electrons. The summed E-state index contributed by atoms with van der Waals surface area (Å²) in [5.41, 5.74) is 0. The predicted octanol–water partition coefficient (Wildman–Crippen LogP) is 2.76. The molecule has 1 rings (SSSR count). The van der Waals surface area contributed by atoms with Crippen LogP contribution >= 0.6 is 0 Å². The normalized spacial score (nSPS) is 24.3. The molecule has 3 heteroatoms. The van der Waals surface area contributed by atoms with E-state index in [4.69, 9.17) is 4.74 Å². The van der Waals surface area contributed by atoms with Gasteiger partial charge < -0.3 is 10.1 Å². The molecule has 0 amide bonds. The third-order valence-electron chi connectivity index (χ3n) is 4.18. The van der Waals surface area contributed by atoms with Crippen LogP contribution in [-0.2, 0) is 4.74 Å². The number of hydrogen-bond acceptors (Lipinski definition) is 3. The Kier molecular flexibility index (Phi) is 8.67. The summed E-state index contributed by atoms with van der Waals surface area (Å²) in [6.07, 6.45) is 5.59. The van der Waals surface area contributed by atoms with Gasteiger partial charge in [0.2, 0.25) is 0 Å². The van der Waals surface area contributed by atoms with Crippen molar-refractivity contribution in [2.45, 2.75) is 52.5 Å². The van der Waals surface area contributed by atoms with E-state index in [0.717, 1.165) is 44.1 Å². The van der Waals surface area contributed by atoms with Crippen molar-refractivity contribution in [2.75, 3.05) is 39.9 Å². The topological polar surface area (TPSA) is 24.5 Å². The molecule has 0 aromatic rings. The minimum atomic E-state index is 0.727. The van der Waals surface area contributed by atoms with Gasteiger partial charge in [-0.15, -0.1) is 0 Å². The highest BCUT2D eigenvalue weighted by atomic mass is 16.5. The van der Waals surface area contributed by atoms with Gasteiger partial charge in [0, 0.05) is 39.3 Å². The molecule has 2 atom stereocenters. The largest absolute Gasteiger partial charge is 0.383 e. The number of rotatable bonds is 9. The van der Waals surface area contributed by atoms with Crippen molar-refractivity contribution in [1.29, 1.82) is 0 Å². The van der Waals surface area contributed by atoms with Crippen LogP contribution in [0.4, 0.5) is 0 Å². The zero-order chi connectivity index (χ0) is 14.1. The summed E-state index contributed by atoms with van der Waals surface area (Å²) < 4.78 is 5.21. The monoisotopic (exact) mass is 270 g/mol. The molecule has 1 aliphatic carbocycles. The van der Waals surface area contributed by atoms with Crippen LogP contribution in [0.1, 0.15) is 46.5 Å². The van der Waals surface area contributed by atoms with Crippen LogP contribution in [0, 0.1) is 11.8 Å². The first-order valence-electron chi connectivity index (χ1n) is 8.08. The highest BCUT2D eigenvalue weighted by Gasteiger charge is 2.20. The smallest absolute Gasteiger partial charge is 0.0589 e. The molecule has 0 aromatic heterocycles. The quantitative estimate of drug-likeness (QED) is 0.697. The van der Waals surface area contributed by atoms with Crippen molar-refractivity contribution in [3.05, 3.63) is 0 Å². The highest BCUT2D eigenvalue weighted by Crippen LogP contribution is 2.23. The van der Waals surface area contributed by atoms with Gasteiger partial charge in [0.15, 0.2) is 0 Å². The lowest BCUT2D eigenvalue weighted by Gasteiger charge is -2.31. The molecule has 1 N–H and O–H groups in total. The van der Waals surface area contributed by atoms with Crippen LogP contribution in [-0.4, -0.2) is 50.8 Å². The minimum Gasteiger partial charge on any atom is -0.383 e. The molecular weight excluding hydrogens is 236 g/mol. The van der Waals surface area contributed by atoms with Crippen molar-refractivity contribution in [3.8, 4) is 0 Å². The highest BCUT2D eigenvalue weighted by molar-refractivity contribution is 4.78. The van der Waals surface area contributed by atoms with Crippen LogP contribution < -0.4 is 5.32 Å². The third kappa shape index (κ3) is 7.28. The Bertz CT molecular complexity index is 221. The van der Waals surface area contributed by atoms with Crippen molar-refractivity contribution in [3.63, 3.8) is 0 Å². The summed E-state index contributed by atoms with van der Waals surface area (Å²) in [5, 5.41) is 3.77. The maximum Gasteiger partial charge on any atom is 0.0589 e. The molecule has 0 aromatic carbocycles. The van der Waals surface area contributed by atoms with Crippen molar-refractivity contribution >= 4 is 0 Å². The Morgan fingerprint density at radius 1 is 1.21 bits per heavy atom. The van der Waals surface area contributed by atoms with Crippen molar-refractivity contribution in [1.82, 2.24) is 10.2 Å². The van der Waals surface area contributed by atoms with Gasteiger partial charge >= 0.3 is 0 Å². The Labute approximate surface area is 120 Å². The van der Waals surface area contributed by atoms with Crippen LogP contribution in [0.25, 0.3) is 0 Å². The molecule has 0 saturated heterocycles. The number of nitrogens with zero attached hydrogens (tertiary/aromatic N) is 1. The SMILES string of the molecule is COCCN(CCNC1CCCCC1C)CC(C)C. The molecule has 2 unspecified atom stereocenters. The second-order valence-electron chi connectivity index (χ2n) is 6.51. The summed E-state index contributed by atoms with van der Waals surface area (Å²) in [6.45, 7) is 12.3. The van der Waals surface area contributed by atoms with E-state index in [1.165, 1.54) is 32.2 Å². The molecule has 0 aliphatic heterocycles. The first kappa shape index (κ1) is 16.9. The maximum atomic E-state index is 5.21. The molecule has 0 heterocycles. The molecule has 0 bridgehead atoms. The van der Waals surface area contributed by atoms with E-state index in [1.54, 1.807) is 7.11 Å². The zero-order valence-electron chi connectivity index (χ0n) is 13.5. The molecule has 19 heavy (non-hydrogen) atoms. The number of methoxy groups -OCH3 is 1. The molecule has 3 nitrogen and oxygen atoms in total. The average Bonchev–Trinajstić information content (AvgIpc) is 2.37. The summed E-state index contributed by atoms with van der Waals surface area (Å²) in [7, 11) is 1.79. The molecule has 1 fully saturated rings. The summed E-state index contributed by atoms with van der Waals surface area (Å²) in [6, 6.07) is 0.747. The molecular formula is C16H34N2O. The fraction of sp³-hybridized carbons (Fsp3) is 1.00. The van der Waals surface area contributed by atoms with E-state index in [-0.39, 0.29) is 0 Å². The van der Waals surface area contributed by atoms with Crippen molar-refractivity contribution < 1.29 is 4.74 Å². The third-order valence-corrected chi connectivity index (χ3v) is 4.18. The Balaban J connectivity index is 2.22. The van der Waals surface area contributed by atoms with Crippen LogP contribution in [0.3, 0.4) is 0 Å². The first-order valence-corrected chi connectivity index (χ1v) is 8.08. The fourth-order valence-corrected chi connectivity index (χ4v) is 3.06. The van der Waals surface area contributed by atoms with E-state index in [1.807, 2.05) is 0 Å². The summed E-state index contributed by atoms with van der Waals surface area (Å²) in [5.74, 6) is 1.58. The zero-order valence-corrected chi connectivity index (χ0v) is 13.5. The van der Waals surface area contributed by atoms with Gasteiger partial charge in [-0.1, -0.05) is 33.6 Å². The van der Waals surface area contributed by atoms with Gasteiger partial charge in [-0.2, -0.15) is 0 Å². The van der Waals surface area contributed by atoms with Gasteiger partial charge in [0.25, 0.3) is 0 Å². The molecule has 1 saturated carbocycles. The standard InChI is InChI=1S/C16H34N2O/c1-14(2)13-18(11-12-19-4)10-9-17-16-8-6-5-7-15(16)3/h14-17H,5-13H2,1-4H3. The second-order valence-corrected chi connectivity index (χ2v) is 6.51. The van der Waals surface area contributed by atoms with E-state index >= 15 is 0 Å². The lowest BCUT2D eigenvalue weighted by molar-refractivity contribution is 0.138. The van der Waals surface area contributed by atoms with E-state index < -0.39 is 0 Å². The van der Waals surface area contributed by atoms with Gasteiger partial charge in [0.05, 0.1) is 6.61 Å². The Morgan fingerprint density at radius 3 is 2.58 bits per heavy atom. The van der Waals surface area contributed by atoms with Gasteiger partial charge in [-0.25, -0.2) is 0 Å². The van der Waals surface area contributed by atoms with Crippen LogP contribution in [0.2, 0.25) is 0 Å². The Morgan fingerprint density at radius 2 is 1.95 bits per heavy atom.